The van der Waals surface area contributed by atoms with Gasteiger partial charge in [-0.15, -0.1) is 23.1 Å². The Kier molecular flexibility index (Phi) is 7.16. The van der Waals surface area contributed by atoms with Gasteiger partial charge in [-0.25, -0.2) is 4.98 Å². The molecule has 0 bridgehead atoms. The second-order valence-corrected chi connectivity index (χ2v) is 9.91. The fourth-order valence-corrected chi connectivity index (χ4v) is 5.74. The number of Topliss-reactive ketones (excluding diaryl/α,β-unsaturated/α-hetero) is 1. The normalized spacial score (nSPS) is 19.3. The number of benzene rings is 1. The van der Waals surface area contributed by atoms with Crippen molar-refractivity contribution in [2.45, 2.75) is 58.0 Å². The zero-order valence-electron chi connectivity index (χ0n) is 18.8. The maximum Gasteiger partial charge on any atom is 0.257 e. The van der Waals surface area contributed by atoms with Crippen LogP contribution in [0.5, 0.6) is 0 Å². The van der Waals surface area contributed by atoms with Crippen LogP contribution >= 0.6 is 23.1 Å². The molecular formula is C25H29N3O2S2. The molecule has 2 atom stereocenters. The van der Waals surface area contributed by atoms with Crippen molar-refractivity contribution in [2.75, 3.05) is 6.26 Å². The maximum absolute atomic E-state index is 12.6. The van der Waals surface area contributed by atoms with Gasteiger partial charge in [0.1, 0.15) is 0 Å². The van der Waals surface area contributed by atoms with E-state index < -0.39 is 0 Å². The van der Waals surface area contributed by atoms with Crippen LogP contribution in [0.3, 0.4) is 0 Å². The number of fused-ring (bicyclic) bond motifs is 1. The van der Waals surface area contributed by atoms with Gasteiger partial charge in [0.25, 0.3) is 5.91 Å². The number of carbonyl (C=O) groups excluding carboxylic acids is 2. The summed E-state index contributed by atoms with van der Waals surface area (Å²) in [6, 6.07) is 10.4. The Morgan fingerprint density at radius 3 is 2.84 bits per heavy atom. The molecule has 168 valence electrons. The lowest BCUT2D eigenvalue weighted by Gasteiger charge is -2.32. The first kappa shape index (κ1) is 22.8. The molecule has 0 saturated heterocycles. The zero-order chi connectivity index (χ0) is 22.7. The zero-order valence-corrected chi connectivity index (χ0v) is 20.4. The van der Waals surface area contributed by atoms with E-state index in [-0.39, 0.29) is 23.8 Å². The monoisotopic (exact) mass is 467 g/mol. The smallest absolute Gasteiger partial charge is 0.257 e. The summed E-state index contributed by atoms with van der Waals surface area (Å²) in [5.74, 6) is 1.10. The number of hydrogen-bond acceptors (Lipinski definition) is 5. The van der Waals surface area contributed by atoms with Crippen molar-refractivity contribution >= 4 is 45.8 Å². The van der Waals surface area contributed by atoms with Crippen LogP contribution in [-0.2, 0) is 4.79 Å². The molecule has 1 saturated carbocycles. The third-order valence-electron chi connectivity index (χ3n) is 6.13. The maximum atomic E-state index is 12.6. The van der Waals surface area contributed by atoms with E-state index in [2.05, 4.69) is 21.3 Å². The van der Waals surface area contributed by atoms with E-state index in [0.717, 1.165) is 52.3 Å². The van der Waals surface area contributed by atoms with Crippen LogP contribution in [0.15, 0.2) is 46.7 Å². The minimum Gasteiger partial charge on any atom is -0.349 e. The third-order valence-corrected chi connectivity index (χ3v) is 7.85. The summed E-state index contributed by atoms with van der Waals surface area (Å²) < 4.78 is 2.34. The quantitative estimate of drug-likeness (QED) is 0.331. The van der Waals surface area contributed by atoms with Gasteiger partial charge in [-0.1, -0.05) is 19.1 Å². The van der Waals surface area contributed by atoms with E-state index in [1.165, 1.54) is 11.8 Å². The fraction of sp³-hybridized carbons (Fsp3) is 0.400. The Morgan fingerprint density at radius 2 is 2.16 bits per heavy atom. The van der Waals surface area contributed by atoms with Crippen LogP contribution in [0.1, 0.15) is 62.4 Å². The van der Waals surface area contributed by atoms with Gasteiger partial charge in [-0.3, -0.25) is 9.59 Å². The summed E-state index contributed by atoms with van der Waals surface area (Å²) in [6.45, 7) is 3.78. The highest BCUT2D eigenvalue weighted by molar-refractivity contribution is 8.03. The molecule has 2 aromatic heterocycles. The van der Waals surface area contributed by atoms with Gasteiger partial charge in [0.05, 0.1) is 20.8 Å². The Morgan fingerprint density at radius 1 is 1.31 bits per heavy atom. The Bertz CT molecular complexity index is 1150. The molecule has 1 aromatic carbocycles. The van der Waals surface area contributed by atoms with Crippen LogP contribution in [0.2, 0.25) is 0 Å². The van der Waals surface area contributed by atoms with E-state index in [1.54, 1.807) is 11.3 Å². The number of nitrogens with zero attached hydrogens (tertiary/aromatic N) is 2. The molecule has 0 aliphatic heterocycles. The predicted molar refractivity (Wildman–Crippen MR) is 134 cm³/mol. The lowest BCUT2D eigenvalue weighted by molar-refractivity contribution is -0.117. The van der Waals surface area contributed by atoms with Gasteiger partial charge in [0.15, 0.2) is 11.6 Å². The highest BCUT2D eigenvalue weighted by Gasteiger charge is 2.28. The Labute approximate surface area is 197 Å². The summed E-state index contributed by atoms with van der Waals surface area (Å²) in [4.78, 5) is 31.7. The number of imidazole rings is 1. The number of ketones is 1. The number of hydrogen-bond donors (Lipinski definition) is 1. The molecule has 2 unspecified atom stereocenters. The summed E-state index contributed by atoms with van der Waals surface area (Å²) in [5, 5.41) is 5.31. The molecular weight excluding hydrogens is 438 g/mol. The highest BCUT2D eigenvalue weighted by atomic mass is 32.2. The van der Waals surface area contributed by atoms with Crippen LogP contribution in [-0.4, -0.2) is 33.5 Å². The van der Waals surface area contributed by atoms with Crippen molar-refractivity contribution in [2.24, 2.45) is 0 Å². The first-order valence-electron chi connectivity index (χ1n) is 11.2. The topological polar surface area (TPSA) is 64.0 Å². The first-order valence-corrected chi connectivity index (χ1v) is 13.3. The van der Waals surface area contributed by atoms with Crippen molar-refractivity contribution in [1.82, 2.24) is 14.9 Å². The Balaban J connectivity index is 1.69. The first-order chi connectivity index (χ1) is 15.5. The van der Waals surface area contributed by atoms with Gasteiger partial charge >= 0.3 is 0 Å². The van der Waals surface area contributed by atoms with E-state index >= 15 is 0 Å². The van der Waals surface area contributed by atoms with Gasteiger partial charge < -0.3 is 9.88 Å². The molecule has 0 radical (unpaired) electrons. The molecule has 32 heavy (non-hydrogen) atoms. The minimum absolute atomic E-state index is 0.0161. The largest absolute Gasteiger partial charge is 0.349 e. The van der Waals surface area contributed by atoms with Crippen LogP contribution in [0, 0.1) is 0 Å². The molecule has 7 heteroatoms. The van der Waals surface area contributed by atoms with Crippen LogP contribution in [0.4, 0.5) is 0 Å². The third kappa shape index (κ3) is 4.55. The molecule has 2 heterocycles. The lowest BCUT2D eigenvalue weighted by atomic mass is 9.90. The van der Waals surface area contributed by atoms with Crippen molar-refractivity contribution in [1.29, 1.82) is 0 Å². The lowest BCUT2D eigenvalue weighted by Crippen LogP contribution is -2.39. The average molecular weight is 468 g/mol. The molecule has 3 aromatic rings. The van der Waals surface area contributed by atoms with E-state index in [0.29, 0.717) is 12.0 Å². The predicted octanol–water partition coefficient (Wildman–Crippen LogP) is 6.22. The summed E-state index contributed by atoms with van der Waals surface area (Å²) >= 11 is 3.16. The standard InChI is InChI=1S/C25H29N3O2S2/c1-4-21(29)16-11-12-20-19(14-16)27-24(23-10-7-13-32-23)28(20)18-9-6-8-17(15-18)26-25(30)22(5-2)31-3/h5,7,10-14,17-18H,4,6,8-9,15H2,1-3H3,(H,26,30)/b22-5-. The summed E-state index contributed by atoms with van der Waals surface area (Å²) in [5.41, 5.74) is 2.63. The van der Waals surface area contributed by atoms with Gasteiger partial charge in [-0.2, -0.15) is 0 Å². The molecule has 0 spiro atoms. The number of nitrogens with one attached hydrogen (secondary N) is 1. The molecule has 1 fully saturated rings. The SMILES string of the molecule is C/C=C(\SC)C(=O)NC1CCCC(n2c(-c3cccs3)nc3cc(C(=O)CC)ccc32)C1. The summed E-state index contributed by atoms with van der Waals surface area (Å²) in [7, 11) is 0. The molecule has 1 aliphatic carbocycles. The van der Waals surface area contributed by atoms with Gasteiger partial charge in [0, 0.05) is 24.1 Å². The van der Waals surface area contributed by atoms with Crippen molar-refractivity contribution in [3.63, 3.8) is 0 Å². The highest BCUT2D eigenvalue weighted by Crippen LogP contribution is 2.37. The molecule has 1 N–H and O–H groups in total. The van der Waals surface area contributed by atoms with Crippen molar-refractivity contribution in [3.8, 4) is 10.7 Å². The second-order valence-electron chi connectivity index (χ2n) is 8.11. The number of rotatable bonds is 7. The number of amides is 1. The van der Waals surface area contributed by atoms with E-state index in [4.69, 9.17) is 4.98 Å². The van der Waals surface area contributed by atoms with Crippen LogP contribution in [0.25, 0.3) is 21.7 Å². The molecule has 5 nitrogen and oxygen atoms in total. The fourth-order valence-electron chi connectivity index (χ4n) is 4.55. The number of thioether (sulfide) groups is 1. The molecule has 1 aliphatic rings. The average Bonchev–Trinajstić information content (AvgIpc) is 3.46. The number of aromatic nitrogens is 2. The summed E-state index contributed by atoms with van der Waals surface area (Å²) in [6.07, 6.45) is 8.24. The molecule has 1 amide bonds. The molecule has 4 rings (SSSR count). The van der Waals surface area contributed by atoms with E-state index in [1.807, 2.05) is 50.4 Å². The van der Waals surface area contributed by atoms with Crippen LogP contribution < -0.4 is 5.32 Å². The van der Waals surface area contributed by atoms with E-state index in [9.17, 15) is 9.59 Å². The minimum atomic E-state index is 0.0161. The Hall–Kier alpha value is -2.38. The van der Waals surface area contributed by atoms with Gasteiger partial charge in [0.2, 0.25) is 0 Å². The van der Waals surface area contributed by atoms with Crippen molar-refractivity contribution < 1.29 is 9.59 Å². The van der Waals surface area contributed by atoms with Gasteiger partial charge in [-0.05, 0) is 68.5 Å². The number of thiophene rings is 1. The number of allylic oxidation sites excluding steroid dienone is 1. The second kappa shape index (κ2) is 10.0. The number of carbonyl (C=O) groups is 2. The van der Waals surface area contributed by atoms with Crippen molar-refractivity contribution in [3.05, 3.63) is 52.3 Å².